The largest absolute Gasteiger partial charge is 3.00 e. The van der Waals surface area contributed by atoms with Crippen molar-refractivity contribution < 1.29 is 69.0 Å². The van der Waals surface area contributed by atoms with Gasteiger partial charge in [-0.3, -0.25) is 0 Å². The Kier molecular flexibility index (Phi) is 104. The van der Waals surface area contributed by atoms with E-state index >= 15 is 0 Å². The van der Waals surface area contributed by atoms with Crippen LogP contribution in [0.5, 0.6) is 0 Å². The molecule has 0 radical (unpaired) electrons. The van der Waals surface area contributed by atoms with Crippen LogP contribution in [-0.2, 0) is 43.5 Å². The van der Waals surface area contributed by atoms with Gasteiger partial charge in [0, 0.05) is 29.8 Å². The van der Waals surface area contributed by atoms with E-state index in [1.165, 1.54) is 289 Å². The van der Waals surface area contributed by atoms with Gasteiger partial charge in [0.15, 0.2) is 0 Å². The molecule has 12 heteroatoms. The first-order valence-corrected chi connectivity index (χ1v) is 34.8. The number of hydrogen-bond acceptors (Lipinski definition) is 10. The van der Waals surface area contributed by atoms with Gasteiger partial charge in [0.2, 0.25) is 0 Å². The number of unbranched alkanes of at least 4 members (excludes halogenated alkanes) is 50. The smallest absolute Gasteiger partial charge is 0.550 e. The van der Waals surface area contributed by atoms with Gasteiger partial charge in [-0.1, -0.05) is 356 Å². The Bertz CT molecular complexity index is 999. The van der Waals surface area contributed by atoms with Gasteiger partial charge in [0.25, 0.3) is 0 Å². The van der Waals surface area contributed by atoms with Crippen LogP contribution >= 0.6 is 0 Å². The Morgan fingerprint density at radius 2 is 0.244 bits per heavy atom. The van der Waals surface area contributed by atoms with Crippen LogP contribution in [0.15, 0.2) is 0 Å². The second-order valence-electron chi connectivity index (χ2n) is 23.3. The van der Waals surface area contributed by atoms with Crippen molar-refractivity contribution >= 4 is 47.2 Å². The number of carbonyl (C=O) groups is 5. The van der Waals surface area contributed by atoms with Crippen LogP contribution in [-0.4, -0.2) is 47.2 Å². The molecule has 0 atom stereocenters. The van der Waals surface area contributed by atoms with Crippen LogP contribution in [0.4, 0.5) is 0 Å². The van der Waals surface area contributed by atoms with Crippen molar-refractivity contribution in [1.29, 1.82) is 0 Å². The zero-order valence-electron chi connectivity index (χ0n) is 55.3. The molecule has 0 rings (SSSR count). The first kappa shape index (κ1) is 94.2. The van der Waals surface area contributed by atoms with Crippen molar-refractivity contribution in [2.45, 2.75) is 420 Å². The first-order chi connectivity index (χ1) is 38.9. The van der Waals surface area contributed by atoms with Gasteiger partial charge in [-0.25, -0.2) is 0 Å². The molecule has 0 unspecified atom stereocenters. The summed E-state index contributed by atoms with van der Waals surface area (Å²) in [6.45, 7) is 11.2. The van der Waals surface area contributed by atoms with Gasteiger partial charge in [-0.15, -0.1) is 0 Å². The maximum absolute atomic E-state index is 10.1. The summed E-state index contributed by atoms with van der Waals surface area (Å²) >= 11 is 0. The van der Waals surface area contributed by atoms with Crippen LogP contribution in [0.25, 0.3) is 0 Å². The van der Waals surface area contributed by atoms with E-state index in [-0.39, 0.29) is 68.9 Å². The third kappa shape index (κ3) is 117. The molecule has 0 aromatic rings. The molecule has 82 heavy (non-hydrogen) atoms. The van der Waals surface area contributed by atoms with Gasteiger partial charge in [-0.05, 0) is 64.2 Å². The molecule has 0 N–H and O–H groups in total. The average Bonchev–Trinajstić information content (AvgIpc) is 3.42. The molecule has 0 fully saturated rings. The van der Waals surface area contributed by atoms with E-state index in [2.05, 4.69) is 34.6 Å². The van der Waals surface area contributed by atoms with E-state index in [1.54, 1.807) is 0 Å². The quantitative estimate of drug-likeness (QED) is 0.0417. The van der Waals surface area contributed by atoms with Crippen LogP contribution in [0.3, 0.4) is 0 Å². The molecule has 0 heterocycles. The second-order valence-corrected chi connectivity index (χ2v) is 23.3. The summed E-state index contributed by atoms with van der Waals surface area (Å²) in [4.78, 5) is 50.7. The number of hydrogen-bond donors (Lipinski definition) is 0. The summed E-state index contributed by atoms with van der Waals surface area (Å²) in [6, 6.07) is 0. The minimum absolute atomic E-state index is 0. The first-order valence-electron chi connectivity index (χ1n) is 34.8. The Morgan fingerprint density at radius 3 is 0.317 bits per heavy atom. The molecule has 10 nitrogen and oxygen atoms in total. The number of carboxylic acids is 5. The van der Waals surface area contributed by atoms with Gasteiger partial charge in [-0.2, -0.15) is 0 Å². The topological polar surface area (TPSA) is 201 Å². The SMILES string of the molecule is CCCCCCCCCCCCCC(=O)[O-].CCCCCCCCCCCCCC(=O)[O-].CCCCCCCCCCCCCC(=O)[O-].CCCCCCCCCCCCCC(=O)[O-].CCCCCCCCCCCCCC(=O)[O-].[Al+3].[Zn+2]. The Morgan fingerprint density at radius 1 is 0.171 bits per heavy atom. The van der Waals surface area contributed by atoms with E-state index in [4.69, 9.17) is 0 Å². The predicted octanol–water partition coefficient (Wildman–Crippen LogP) is 16.8. The molecular weight excluding hydrogens is 1090 g/mol. The molecule has 0 aromatic carbocycles. The fourth-order valence-corrected chi connectivity index (χ4v) is 9.67. The third-order valence-corrected chi connectivity index (χ3v) is 14.9. The van der Waals surface area contributed by atoms with Crippen molar-refractivity contribution in [1.82, 2.24) is 0 Å². The summed E-state index contributed by atoms with van der Waals surface area (Å²) in [6.07, 6.45) is 70.2. The minimum atomic E-state index is -0.907. The van der Waals surface area contributed by atoms with Gasteiger partial charge in [0.1, 0.15) is 0 Å². The molecule has 0 aliphatic rings. The zero-order chi connectivity index (χ0) is 60.3. The number of carbonyl (C=O) groups excluding carboxylic acids is 5. The normalized spacial score (nSPS) is 10.3. The summed E-state index contributed by atoms with van der Waals surface area (Å²) in [5, 5.41) is 50.7. The molecule has 0 spiro atoms. The van der Waals surface area contributed by atoms with Crippen molar-refractivity contribution in [2.75, 3.05) is 0 Å². The maximum atomic E-state index is 10.1. The summed E-state index contributed by atoms with van der Waals surface area (Å²) in [7, 11) is 0. The van der Waals surface area contributed by atoms with Gasteiger partial charge in [0.05, 0.1) is 0 Å². The average molecular weight is 1230 g/mol. The van der Waals surface area contributed by atoms with Crippen LogP contribution in [0.2, 0.25) is 0 Å². The second kappa shape index (κ2) is 90.7. The van der Waals surface area contributed by atoms with Gasteiger partial charge < -0.3 is 49.5 Å². The monoisotopic (exact) mass is 1230 g/mol. The van der Waals surface area contributed by atoms with Crippen molar-refractivity contribution in [3.05, 3.63) is 0 Å². The van der Waals surface area contributed by atoms with E-state index in [0.717, 1.165) is 64.2 Å². The molecule has 480 valence electrons. The molecule has 0 saturated heterocycles. The van der Waals surface area contributed by atoms with E-state index in [1.807, 2.05) is 0 Å². The predicted molar refractivity (Wildman–Crippen MR) is 336 cm³/mol. The molecule has 0 aromatic heterocycles. The van der Waals surface area contributed by atoms with Crippen molar-refractivity contribution in [2.24, 2.45) is 0 Å². The standard InChI is InChI=1S/5C14H28O2.Al.Zn/c5*1-2-3-4-5-6-7-8-9-10-11-12-13-14(15)16;;/h5*2-13H2,1H3,(H,15,16);;/q;;;;;+3;+2/p-5. The summed E-state index contributed by atoms with van der Waals surface area (Å²) in [5.74, 6) is -4.53. The summed E-state index contributed by atoms with van der Waals surface area (Å²) < 4.78 is 0. The molecule has 0 bridgehead atoms. The van der Waals surface area contributed by atoms with Crippen LogP contribution < -0.4 is 25.5 Å². The number of carboxylic acid groups (broad SMARTS) is 5. The van der Waals surface area contributed by atoms with Crippen LogP contribution in [0, 0.1) is 0 Å². The molecule has 0 amide bonds. The Labute approximate surface area is 532 Å². The number of aliphatic carboxylic acids is 5. The van der Waals surface area contributed by atoms with Gasteiger partial charge >= 0.3 is 36.8 Å². The maximum Gasteiger partial charge on any atom is 3.00 e. The van der Waals surface area contributed by atoms with Crippen molar-refractivity contribution in [3.8, 4) is 0 Å². The Hall–Kier alpha value is -1.49. The third-order valence-electron chi connectivity index (χ3n) is 14.9. The molecule has 0 aliphatic carbocycles. The van der Waals surface area contributed by atoms with E-state index < -0.39 is 29.8 Å². The summed E-state index contributed by atoms with van der Waals surface area (Å²) in [5.41, 5.74) is 0. The minimum Gasteiger partial charge on any atom is -0.550 e. The fourth-order valence-electron chi connectivity index (χ4n) is 9.67. The number of rotatable bonds is 60. The van der Waals surface area contributed by atoms with E-state index in [0.29, 0.717) is 0 Å². The van der Waals surface area contributed by atoms with E-state index in [9.17, 15) is 49.5 Å². The molecular formula is C70H135AlO10Zn. The van der Waals surface area contributed by atoms with Crippen molar-refractivity contribution in [3.63, 3.8) is 0 Å². The Balaban J connectivity index is -0.000000170. The molecule has 0 aliphatic heterocycles. The van der Waals surface area contributed by atoms with Crippen LogP contribution in [0.1, 0.15) is 420 Å². The molecule has 0 saturated carbocycles. The zero-order valence-corrected chi connectivity index (χ0v) is 59.4. The fraction of sp³-hybridized carbons (Fsp3) is 0.929.